The van der Waals surface area contributed by atoms with Gasteiger partial charge in [-0.15, -0.1) is 0 Å². The lowest BCUT2D eigenvalue weighted by Gasteiger charge is -2.23. The molecule has 1 aliphatic heterocycles. The summed E-state index contributed by atoms with van der Waals surface area (Å²) < 4.78 is 11.0. The van der Waals surface area contributed by atoms with Gasteiger partial charge in [0, 0.05) is 6.04 Å². The van der Waals surface area contributed by atoms with E-state index in [9.17, 15) is 4.79 Å². The van der Waals surface area contributed by atoms with E-state index in [1.54, 1.807) is 0 Å². The van der Waals surface area contributed by atoms with Crippen LogP contribution in [-0.4, -0.2) is 25.2 Å². The summed E-state index contributed by atoms with van der Waals surface area (Å²) in [6.45, 7) is 5.15. The number of carbonyl (C=O) groups excluding carboxylic acids is 1. The number of hydrogen-bond acceptors (Lipinski definition) is 4. The van der Waals surface area contributed by atoms with E-state index in [-0.39, 0.29) is 6.04 Å². The van der Waals surface area contributed by atoms with E-state index in [1.807, 2.05) is 25.1 Å². The van der Waals surface area contributed by atoms with Crippen LogP contribution >= 0.6 is 0 Å². The maximum absolute atomic E-state index is 11.6. The minimum atomic E-state index is -0.509. The number of carbonyl (C=O) groups is 1. The van der Waals surface area contributed by atoms with Crippen LogP contribution in [0.5, 0.6) is 11.5 Å². The van der Waals surface area contributed by atoms with Gasteiger partial charge < -0.3 is 15.2 Å². The highest BCUT2D eigenvalue weighted by Gasteiger charge is 2.22. The Balaban J connectivity index is 2.24. The zero-order chi connectivity index (χ0) is 13.8. The van der Waals surface area contributed by atoms with Crippen molar-refractivity contribution in [2.24, 2.45) is 5.73 Å². The number of hydrogen-bond donors (Lipinski definition) is 2. The molecular weight excluding hydrogens is 244 g/mol. The van der Waals surface area contributed by atoms with Gasteiger partial charge in [0.1, 0.15) is 19.3 Å². The number of nitrogens with two attached hydrogens (primary N) is 1. The van der Waals surface area contributed by atoms with E-state index in [4.69, 9.17) is 15.2 Å². The minimum Gasteiger partial charge on any atom is -0.486 e. The third-order valence-electron chi connectivity index (χ3n) is 3.25. The van der Waals surface area contributed by atoms with Crippen molar-refractivity contribution in [3.8, 4) is 11.5 Å². The van der Waals surface area contributed by atoms with Crippen molar-refractivity contribution < 1.29 is 14.3 Å². The molecule has 0 saturated heterocycles. The van der Waals surface area contributed by atoms with Crippen LogP contribution in [0.2, 0.25) is 0 Å². The molecule has 19 heavy (non-hydrogen) atoms. The summed E-state index contributed by atoms with van der Waals surface area (Å²) in [6, 6.07) is 5.19. The lowest BCUT2D eigenvalue weighted by molar-refractivity contribution is -0.120. The molecule has 0 radical (unpaired) electrons. The smallest absolute Gasteiger partial charge is 0.239 e. The highest BCUT2D eigenvalue weighted by molar-refractivity contribution is 5.81. The Kier molecular flexibility index (Phi) is 4.27. The summed E-state index contributed by atoms with van der Waals surface area (Å²) >= 11 is 0. The molecule has 2 atom stereocenters. The molecule has 2 unspecified atom stereocenters. The Hall–Kier alpha value is -1.75. The Morgan fingerprint density at radius 3 is 2.68 bits per heavy atom. The van der Waals surface area contributed by atoms with Crippen molar-refractivity contribution in [2.45, 2.75) is 32.4 Å². The van der Waals surface area contributed by atoms with Gasteiger partial charge in [-0.25, -0.2) is 0 Å². The van der Waals surface area contributed by atoms with Crippen molar-refractivity contribution in [1.82, 2.24) is 5.32 Å². The number of fused-ring (bicyclic) bond motifs is 1. The molecule has 0 fully saturated rings. The molecule has 2 rings (SSSR count). The number of ether oxygens (including phenoxy) is 2. The molecule has 1 heterocycles. The molecule has 3 N–H and O–H groups in total. The Morgan fingerprint density at radius 1 is 1.37 bits per heavy atom. The van der Waals surface area contributed by atoms with E-state index in [0.717, 1.165) is 12.0 Å². The molecule has 0 aliphatic carbocycles. The molecule has 1 aromatic carbocycles. The van der Waals surface area contributed by atoms with Crippen molar-refractivity contribution in [2.75, 3.05) is 13.2 Å². The highest BCUT2D eigenvalue weighted by atomic mass is 16.6. The molecule has 1 amide bonds. The van der Waals surface area contributed by atoms with Crippen molar-refractivity contribution >= 4 is 5.91 Å². The molecule has 1 aliphatic rings. The van der Waals surface area contributed by atoms with E-state index >= 15 is 0 Å². The quantitative estimate of drug-likeness (QED) is 0.842. The first-order chi connectivity index (χ1) is 9.11. The number of primary amides is 1. The van der Waals surface area contributed by atoms with Gasteiger partial charge in [-0.1, -0.05) is 13.0 Å². The fraction of sp³-hybridized carbons (Fsp3) is 0.500. The Bertz CT molecular complexity index is 462. The number of amides is 1. The van der Waals surface area contributed by atoms with Crippen LogP contribution in [0.4, 0.5) is 0 Å². The van der Waals surface area contributed by atoms with E-state index < -0.39 is 11.9 Å². The lowest BCUT2D eigenvalue weighted by atomic mass is 10.0. The van der Waals surface area contributed by atoms with Gasteiger partial charge in [0.2, 0.25) is 5.91 Å². The minimum absolute atomic E-state index is 0.214. The first-order valence-corrected chi connectivity index (χ1v) is 6.56. The number of benzene rings is 1. The predicted molar refractivity (Wildman–Crippen MR) is 72.3 cm³/mol. The zero-order valence-corrected chi connectivity index (χ0v) is 11.3. The Morgan fingerprint density at radius 2 is 2.05 bits per heavy atom. The highest BCUT2D eigenvalue weighted by Crippen LogP contribution is 2.32. The van der Waals surface area contributed by atoms with Crippen molar-refractivity contribution in [3.05, 3.63) is 23.8 Å². The van der Waals surface area contributed by atoms with Gasteiger partial charge in [-0.05, 0) is 31.0 Å². The average molecular weight is 264 g/mol. The second-order valence-electron chi connectivity index (χ2n) is 4.71. The standard InChI is InChI=1S/C14H20N2O3/c1-3-9(2)16-13(14(15)17)10-4-5-11-12(8-10)19-7-6-18-11/h4-5,8-9,13,16H,3,6-7H2,1-2H3,(H2,15,17). The third-order valence-corrected chi connectivity index (χ3v) is 3.25. The molecule has 5 heteroatoms. The largest absolute Gasteiger partial charge is 0.486 e. The zero-order valence-electron chi connectivity index (χ0n) is 11.3. The van der Waals surface area contributed by atoms with Crippen LogP contribution in [0.3, 0.4) is 0 Å². The summed E-state index contributed by atoms with van der Waals surface area (Å²) in [6.07, 6.45) is 0.925. The predicted octanol–water partition coefficient (Wildman–Crippen LogP) is 1.37. The second kappa shape index (κ2) is 5.93. The van der Waals surface area contributed by atoms with Gasteiger partial charge >= 0.3 is 0 Å². The summed E-state index contributed by atoms with van der Waals surface area (Å²) in [4.78, 5) is 11.6. The van der Waals surface area contributed by atoms with Gasteiger partial charge in [0.05, 0.1) is 0 Å². The normalized spacial score (nSPS) is 16.7. The topological polar surface area (TPSA) is 73.6 Å². The summed E-state index contributed by atoms with van der Waals surface area (Å²) in [5.74, 6) is 0.986. The molecule has 1 aromatic rings. The van der Waals surface area contributed by atoms with Crippen LogP contribution in [0.15, 0.2) is 18.2 Å². The van der Waals surface area contributed by atoms with Crippen molar-refractivity contribution in [3.63, 3.8) is 0 Å². The Labute approximate surface area is 113 Å². The number of rotatable bonds is 5. The fourth-order valence-electron chi connectivity index (χ4n) is 1.98. The van der Waals surface area contributed by atoms with E-state index in [1.165, 1.54) is 0 Å². The van der Waals surface area contributed by atoms with E-state index in [0.29, 0.717) is 24.7 Å². The first kappa shape index (κ1) is 13.7. The lowest BCUT2D eigenvalue weighted by Crippen LogP contribution is -2.38. The average Bonchev–Trinajstić information content (AvgIpc) is 2.43. The maximum atomic E-state index is 11.6. The molecule has 0 aromatic heterocycles. The van der Waals surface area contributed by atoms with Gasteiger partial charge in [-0.2, -0.15) is 0 Å². The molecule has 104 valence electrons. The molecule has 0 saturated carbocycles. The molecule has 0 spiro atoms. The number of nitrogens with one attached hydrogen (secondary N) is 1. The second-order valence-corrected chi connectivity index (χ2v) is 4.71. The monoisotopic (exact) mass is 264 g/mol. The molecule has 0 bridgehead atoms. The van der Waals surface area contributed by atoms with Crippen LogP contribution in [0, 0.1) is 0 Å². The third kappa shape index (κ3) is 3.17. The molecule has 5 nitrogen and oxygen atoms in total. The van der Waals surface area contributed by atoms with Crippen LogP contribution in [0.25, 0.3) is 0 Å². The van der Waals surface area contributed by atoms with Crippen molar-refractivity contribution in [1.29, 1.82) is 0 Å². The summed E-state index contributed by atoms with van der Waals surface area (Å²) in [5.41, 5.74) is 6.28. The van der Waals surface area contributed by atoms with Crippen LogP contribution < -0.4 is 20.5 Å². The van der Waals surface area contributed by atoms with E-state index in [2.05, 4.69) is 12.2 Å². The van der Waals surface area contributed by atoms with Gasteiger partial charge in [0.15, 0.2) is 11.5 Å². The maximum Gasteiger partial charge on any atom is 0.239 e. The summed E-state index contributed by atoms with van der Waals surface area (Å²) in [5, 5.41) is 3.22. The van der Waals surface area contributed by atoms with Gasteiger partial charge in [0.25, 0.3) is 0 Å². The molecular formula is C14H20N2O3. The SMILES string of the molecule is CCC(C)NC(C(N)=O)c1ccc2c(c1)OCCO2. The van der Waals surface area contributed by atoms with Gasteiger partial charge in [-0.3, -0.25) is 10.1 Å². The summed E-state index contributed by atoms with van der Waals surface area (Å²) in [7, 11) is 0. The van der Waals surface area contributed by atoms with Crippen LogP contribution in [0.1, 0.15) is 31.9 Å². The first-order valence-electron chi connectivity index (χ1n) is 6.56. The fourth-order valence-corrected chi connectivity index (χ4v) is 1.98. The van der Waals surface area contributed by atoms with Crippen LogP contribution in [-0.2, 0) is 4.79 Å².